The maximum atomic E-state index is 12.9. The monoisotopic (exact) mass is 349 g/mol. The van der Waals surface area contributed by atoms with Crippen molar-refractivity contribution in [2.24, 2.45) is 0 Å². The Balaban J connectivity index is 1.46. The molecule has 2 aromatic heterocycles. The van der Waals surface area contributed by atoms with Crippen LogP contribution in [-0.2, 0) is 11.2 Å². The second-order valence-electron chi connectivity index (χ2n) is 6.68. The lowest BCUT2D eigenvalue weighted by Crippen LogP contribution is -2.31. The van der Waals surface area contributed by atoms with Crippen molar-refractivity contribution in [1.29, 1.82) is 0 Å². The van der Waals surface area contributed by atoms with Crippen molar-refractivity contribution in [3.63, 3.8) is 0 Å². The molecule has 6 nitrogen and oxygen atoms in total. The number of benzene rings is 1. The van der Waals surface area contributed by atoms with E-state index < -0.39 is 0 Å². The summed E-state index contributed by atoms with van der Waals surface area (Å²) in [6.45, 7) is 0.794. The van der Waals surface area contributed by atoms with Gasteiger partial charge in [-0.05, 0) is 30.9 Å². The smallest absolute Gasteiger partial charge is 0.223 e. The van der Waals surface area contributed by atoms with Crippen molar-refractivity contribution in [3.05, 3.63) is 54.1 Å². The first-order valence-corrected chi connectivity index (χ1v) is 9.10. The summed E-state index contributed by atoms with van der Waals surface area (Å²) in [6.07, 6.45) is 8.70. The number of aromatic amines is 1. The first-order chi connectivity index (χ1) is 12.8. The molecule has 1 saturated heterocycles. The lowest BCUT2D eigenvalue weighted by atomic mass is 10.1. The molecule has 0 bridgehead atoms. The largest absolute Gasteiger partial charge is 0.372 e. The van der Waals surface area contributed by atoms with E-state index in [1.54, 1.807) is 12.4 Å². The van der Waals surface area contributed by atoms with Gasteiger partial charge in [0.2, 0.25) is 5.91 Å². The highest BCUT2D eigenvalue weighted by Gasteiger charge is 2.31. The highest BCUT2D eigenvalue weighted by atomic mass is 16.2. The average Bonchev–Trinajstić information content (AvgIpc) is 3.33. The third-order valence-electron chi connectivity index (χ3n) is 5.11. The Morgan fingerprint density at radius 2 is 2.23 bits per heavy atom. The minimum Gasteiger partial charge on any atom is -0.372 e. The Morgan fingerprint density at radius 3 is 3.12 bits per heavy atom. The molecule has 1 fully saturated rings. The second kappa shape index (κ2) is 7.15. The Morgan fingerprint density at radius 1 is 1.35 bits per heavy atom. The van der Waals surface area contributed by atoms with Gasteiger partial charge in [0.05, 0.1) is 24.1 Å². The number of hydrogen-bond acceptors (Lipinski definition) is 4. The SMILES string of the molecule is CNc1cncc([C@@H]2CCCN2C(=O)CCc2c[nH]c3ccccc23)n1. The number of rotatable bonds is 5. The molecule has 4 rings (SSSR count). The van der Waals surface area contributed by atoms with E-state index in [1.807, 2.05) is 30.3 Å². The fraction of sp³-hybridized carbons (Fsp3) is 0.350. The molecule has 6 heteroatoms. The van der Waals surface area contributed by atoms with Gasteiger partial charge in [0.15, 0.2) is 0 Å². The van der Waals surface area contributed by atoms with Gasteiger partial charge in [-0.25, -0.2) is 4.98 Å². The topological polar surface area (TPSA) is 73.9 Å². The molecule has 1 aromatic carbocycles. The summed E-state index contributed by atoms with van der Waals surface area (Å²) in [4.78, 5) is 26.9. The molecule has 26 heavy (non-hydrogen) atoms. The van der Waals surface area contributed by atoms with Crippen LogP contribution in [0, 0.1) is 0 Å². The number of aromatic nitrogens is 3. The fourth-order valence-electron chi connectivity index (χ4n) is 3.76. The van der Waals surface area contributed by atoms with Crippen molar-refractivity contribution in [1.82, 2.24) is 19.9 Å². The minimum atomic E-state index is 0.0336. The molecule has 134 valence electrons. The number of hydrogen-bond donors (Lipinski definition) is 2. The van der Waals surface area contributed by atoms with Crippen LogP contribution >= 0.6 is 0 Å². The van der Waals surface area contributed by atoms with Gasteiger partial charge in [0.1, 0.15) is 5.82 Å². The van der Waals surface area contributed by atoms with E-state index in [-0.39, 0.29) is 11.9 Å². The molecule has 3 aromatic rings. The zero-order valence-electron chi connectivity index (χ0n) is 14.9. The lowest BCUT2D eigenvalue weighted by Gasteiger charge is -2.24. The second-order valence-corrected chi connectivity index (χ2v) is 6.68. The van der Waals surface area contributed by atoms with Crippen molar-refractivity contribution in [3.8, 4) is 0 Å². The van der Waals surface area contributed by atoms with Crippen molar-refractivity contribution in [2.45, 2.75) is 31.7 Å². The number of para-hydroxylation sites is 1. The highest BCUT2D eigenvalue weighted by molar-refractivity contribution is 5.84. The summed E-state index contributed by atoms with van der Waals surface area (Å²) in [5.74, 6) is 0.926. The van der Waals surface area contributed by atoms with Gasteiger partial charge in [-0.3, -0.25) is 9.78 Å². The molecule has 0 unspecified atom stereocenters. The predicted octanol–water partition coefficient (Wildman–Crippen LogP) is 3.30. The summed E-state index contributed by atoms with van der Waals surface area (Å²) in [5.41, 5.74) is 3.18. The van der Waals surface area contributed by atoms with Crippen molar-refractivity contribution >= 4 is 22.6 Å². The number of amides is 1. The van der Waals surface area contributed by atoms with Crippen LogP contribution in [0.3, 0.4) is 0 Å². The Bertz CT molecular complexity index is 919. The van der Waals surface area contributed by atoms with E-state index in [2.05, 4.69) is 32.4 Å². The molecule has 1 atom stereocenters. The molecule has 0 saturated carbocycles. The van der Waals surface area contributed by atoms with E-state index >= 15 is 0 Å². The van der Waals surface area contributed by atoms with E-state index in [1.165, 1.54) is 10.9 Å². The van der Waals surface area contributed by atoms with Crippen molar-refractivity contribution in [2.75, 3.05) is 18.9 Å². The van der Waals surface area contributed by atoms with Gasteiger partial charge < -0.3 is 15.2 Å². The number of nitrogens with zero attached hydrogens (tertiary/aromatic N) is 3. The molecule has 1 amide bonds. The molecule has 2 N–H and O–H groups in total. The quantitative estimate of drug-likeness (QED) is 0.741. The molecule has 1 aliphatic rings. The van der Waals surface area contributed by atoms with Gasteiger partial charge in [-0.1, -0.05) is 18.2 Å². The number of carbonyl (C=O) groups is 1. The number of carbonyl (C=O) groups excluding carboxylic acids is 1. The maximum Gasteiger partial charge on any atom is 0.223 e. The van der Waals surface area contributed by atoms with Crippen LogP contribution in [0.5, 0.6) is 0 Å². The third-order valence-corrected chi connectivity index (χ3v) is 5.11. The molecule has 0 radical (unpaired) electrons. The minimum absolute atomic E-state index is 0.0336. The van der Waals surface area contributed by atoms with Crippen LogP contribution in [0.4, 0.5) is 5.82 Å². The molecule has 3 heterocycles. The van der Waals surface area contributed by atoms with Gasteiger partial charge >= 0.3 is 0 Å². The Kier molecular flexibility index (Phi) is 4.56. The van der Waals surface area contributed by atoms with Crippen LogP contribution in [0.15, 0.2) is 42.9 Å². The number of anilines is 1. The summed E-state index contributed by atoms with van der Waals surface area (Å²) < 4.78 is 0. The van der Waals surface area contributed by atoms with E-state index in [4.69, 9.17) is 0 Å². The number of likely N-dealkylation sites (tertiary alicyclic amines) is 1. The summed E-state index contributed by atoms with van der Waals surface area (Å²) in [5, 5.41) is 4.21. The van der Waals surface area contributed by atoms with Gasteiger partial charge in [0, 0.05) is 37.1 Å². The van der Waals surface area contributed by atoms with Gasteiger partial charge in [-0.2, -0.15) is 0 Å². The number of fused-ring (bicyclic) bond motifs is 1. The lowest BCUT2D eigenvalue weighted by molar-refractivity contribution is -0.132. The maximum absolute atomic E-state index is 12.9. The Hall–Kier alpha value is -2.89. The van der Waals surface area contributed by atoms with Gasteiger partial charge in [0.25, 0.3) is 0 Å². The van der Waals surface area contributed by atoms with Crippen LogP contribution in [0.2, 0.25) is 0 Å². The molecule has 0 aliphatic carbocycles. The highest BCUT2D eigenvalue weighted by Crippen LogP contribution is 2.32. The zero-order chi connectivity index (χ0) is 17.9. The first-order valence-electron chi connectivity index (χ1n) is 9.10. The summed E-state index contributed by atoms with van der Waals surface area (Å²) >= 11 is 0. The van der Waals surface area contributed by atoms with Gasteiger partial charge in [-0.15, -0.1) is 0 Å². The standard InChI is InChI=1S/C20H23N5O/c1-21-19-13-22-12-17(24-19)18-7-4-10-25(18)20(26)9-8-14-11-23-16-6-3-2-5-15(14)16/h2-3,5-6,11-13,18,23H,4,7-10H2,1H3,(H,21,24)/t18-/m0/s1. The van der Waals surface area contributed by atoms with E-state index in [9.17, 15) is 4.79 Å². The van der Waals surface area contributed by atoms with Crippen LogP contribution in [-0.4, -0.2) is 39.4 Å². The Labute approximate surface area is 152 Å². The normalized spacial score (nSPS) is 17.0. The summed E-state index contributed by atoms with van der Waals surface area (Å²) in [6, 6.07) is 8.24. The van der Waals surface area contributed by atoms with Crippen LogP contribution in [0.1, 0.15) is 36.6 Å². The zero-order valence-corrected chi connectivity index (χ0v) is 14.9. The number of nitrogens with one attached hydrogen (secondary N) is 2. The van der Waals surface area contributed by atoms with Crippen LogP contribution in [0.25, 0.3) is 10.9 Å². The van der Waals surface area contributed by atoms with Crippen LogP contribution < -0.4 is 5.32 Å². The molecule has 0 spiro atoms. The molecular formula is C20H23N5O. The first kappa shape index (κ1) is 16.6. The van der Waals surface area contributed by atoms with Crippen molar-refractivity contribution < 1.29 is 4.79 Å². The summed E-state index contributed by atoms with van der Waals surface area (Å²) in [7, 11) is 1.83. The predicted molar refractivity (Wildman–Crippen MR) is 102 cm³/mol. The molecule has 1 aliphatic heterocycles. The number of H-pyrrole nitrogens is 1. The molecular weight excluding hydrogens is 326 g/mol. The number of aryl methyl sites for hydroxylation is 1. The average molecular weight is 349 g/mol. The fourth-order valence-corrected chi connectivity index (χ4v) is 3.76. The third kappa shape index (κ3) is 3.14. The van der Waals surface area contributed by atoms with E-state index in [0.717, 1.165) is 42.8 Å². The van der Waals surface area contributed by atoms with E-state index in [0.29, 0.717) is 6.42 Å².